The monoisotopic (exact) mass is 282 g/mol. The van der Waals surface area contributed by atoms with Gasteiger partial charge in [-0.3, -0.25) is 0 Å². The van der Waals surface area contributed by atoms with E-state index in [9.17, 15) is 0 Å². The molecular formula is C16H18N4O. The van der Waals surface area contributed by atoms with Crippen molar-refractivity contribution in [3.8, 4) is 0 Å². The molecule has 0 saturated heterocycles. The number of nitrogens with one attached hydrogen (secondary N) is 1. The van der Waals surface area contributed by atoms with Gasteiger partial charge >= 0.3 is 0 Å². The number of aryl methyl sites for hydroxylation is 2. The summed E-state index contributed by atoms with van der Waals surface area (Å²) in [6.45, 7) is 5.44. The maximum atomic E-state index is 5.18. The lowest BCUT2D eigenvalue weighted by atomic mass is 10.1. The number of aromatic nitrogens is 3. The summed E-state index contributed by atoms with van der Waals surface area (Å²) in [6.07, 6.45) is 5.58. The van der Waals surface area contributed by atoms with Gasteiger partial charge < -0.3 is 14.4 Å². The molecule has 0 unspecified atom stereocenters. The Morgan fingerprint density at radius 3 is 2.90 bits per heavy atom. The lowest BCUT2D eigenvalue weighted by Crippen LogP contribution is -2.02. The van der Waals surface area contributed by atoms with E-state index >= 15 is 0 Å². The van der Waals surface area contributed by atoms with Crippen LogP contribution in [0.25, 0.3) is 0 Å². The van der Waals surface area contributed by atoms with Gasteiger partial charge in [0.2, 0.25) is 0 Å². The first-order valence-corrected chi connectivity index (χ1v) is 6.92. The van der Waals surface area contributed by atoms with Crippen LogP contribution < -0.4 is 5.32 Å². The van der Waals surface area contributed by atoms with Crippen molar-refractivity contribution in [1.82, 2.24) is 14.7 Å². The average Bonchev–Trinajstić information content (AvgIpc) is 3.09. The van der Waals surface area contributed by atoms with Gasteiger partial charge in [0, 0.05) is 36.7 Å². The molecule has 5 heteroatoms. The van der Waals surface area contributed by atoms with Crippen LogP contribution in [0.3, 0.4) is 0 Å². The minimum atomic E-state index is 0.718. The number of hydrogen-bond donors (Lipinski definition) is 1. The number of nitrogens with zero attached hydrogens (tertiary/aromatic N) is 3. The van der Waals surface area contributed by atoms with E-state index in [1.807, 2.05) is 30.9 Å². The van der Waals surface area contributed by atoms with Crippen molar-refractivity contribution in [3.05, 3.63) is 65.6 Å². The molecule has 0 aliphatic rings. The Bertz CT molecular complexity index is 696. The minimum absolute atomic E-state index is 0.718. The molecule has 2 heterocycles. The molecule has 0 radical (unpaired) electrons. The Hall–Kier alpha value is -2.56. The average molecular weight is 282 g/mol. The highest BCUT2D eigenvalue weighted by Crippen LogP contribution is 2.16. The van der Waals surface area contributed by atoms with Crippen LogP contribution in [0.15, 0.2) is 47.5 Å². The minimum Gasteiger partial charge on any atom is -0.381 e. The van der Waals surface area contributed by atoms with Gasteiger partial charge in [-0.05, 0) is 31.5 Å². The standard InChI is InChI=1S/C16H18N4O/c1-12-16(13(2)21-19-12)9-18-15-5-3-4-14(8-15)10-20-7-6-17-11-20/h3-8,11,18H,9-10H2,1-2H3. The summed E-state index contributed by atoms with van der Waals surface area (Å²) < 4.78 is 7.23. The lowest BCUT2D eigenvalue weighted by Gasteiger charge is -2.09. The molecule has 21 heavy (non-hydrogen) atoms. The van der Waals surface area contributed by atoms with Crippen molar-refractivity contribution in [3.63, 3.8) is 0 Å². The van der Waals surface area contributed by atoms with Crippen molar-refractivity contribution in [1.29, 1.82) is 0 Å². The molecule has 0 fully saturated rings. The summed E-state index contributed by atoms with van der Waals surface area (Å²) in [6, 6.07) is 8.39. The van der Waals surface area contributed by atoms with Gasteiger partial charge in [-0.25, -0.2) is 4.98 Å². The zero-order valence-corrected chi connectivity index (χ0v) is 12.2. The largest absolute Gasteiger partial charge is 0.381 e. The molecule has 5 nitrogen and oxygen atoms in total. The van der Waals surface area contributed by atoms with Crippen molar-refractivity contribution in [2.45, 2.75) is 26.9 Å². The highest BCUT2D eigenvalue weighted by Gasteiger charge is 2.08. The van der Waals surface area contributed by atoms with E-state index in [-0.39, 0.29) is 0 Å². The van der Waals surface area contributed by atoms with E-state index < -0.39 is 0 Å². The topological polar surface area (TPSA) is 55.9 Å². The van der Waals surface area contributed by atoms with Crippen LogP contribution in [0.5, 0.6) is 0 Å². The molecule has 0 bridgehead atoms. The summed E-state index contributed by atoms with van der Waals surface area (Å²) in [7, 11) is 0. The fraction of sp³-hybridized carbons (Fsp3) is 0.250. The normalized spacial score (nSPS) is 10.8. The van der Waals surface area contributed by atoms with Gasteiger partial charge in [-0.15, -0.1) is 0 Å². The summed E-state index contributed by atoms with van der Waals surface area (Å²) in [5, 5.41) is 7.39. The highest BCUT2D eigenvalue weighted by molar-refractivity contribution is 5.46. The van der Waals surface area contributed by atoms with Gasteiger partial charge in [0.1, 0.15) is 5.76 Å². The maximum absolute atomic E-state index is 5.18. The predicted molar refractivity (Wildman–Crippen MR) is 81.1 cm³/mol. The Kier molecular flexibility index (Phi) is 3.73. The van der Waals surface area contributed by atoms with Crippen molar-refractivity contribution >= 4 is 5.69 Å². The van der Waals surface area contributed by atoms with Crippen LogP contribution >= 0.6 is 0 Å². The zero-order valence-electron chi connectivity index (χ0n) is 12.2. The molecule has 1 aromatic carbocycles. The molecular weight excluding hydrogens is 264 g/mol. The van der Waals surface area contributed by atoms with Gasteiger partial charge in [-0.2, -0.15) is 0 Å². The third-order valence-electron chi connectivity index (χ3n) is 3.50. The Labute approximate surface area is 123 Å². The second-order valence-electron chi connectivity index (χ2n) is 5.09. The van der Waals surface area contributed by atoms with Crippen LogP contribution in [-0.2, 0) is 13.1 Å². The Morgan fingerprint density at radius 2 is 2.19 bits per heavy atom. The van der Waals surface area contributed by atoms with E-state index in [4.69, 9.17) is 4.52 Å². The lowest BCUT2D eigenvalue weighted by molar-refractivity contribution is 0.392. The predicted octanol–water partition coefficient (Wildman–Crippen LogP) is 3.15. The van der Waals surface area contributed by atoms with E-state index in [0.29, 0.717) is 0 Å². The quantitative estimate of drug-likeness (QED) is 0.781. The molecule has 0 aliphatic heterocycles. The van der Waals surface area contributed by atoms with E-state index in [2.05, 4.69) is 39.7 Å². The first-order valence-electron chi connectivity index (χ1n) is 6.92. The van der Waals surface area contributed by atoms with Crippen molar-refractivity contribution in [2.24, 2.45) is 0 Å². The van der Waals surface area contributed by atoms with E-state index in [1.165, 1.54) is 5.56 Å². The van der Waals surface area contributed by atoms with E-state index in [0.717, 1.165) is 35.8 Å². The smallest absolute Gasteiger partial charge is 0.138 e. The fourth-order valence-electron chi connectivity index (χ4n) is 2.32. The number of rotatable bonds is 5. The Balaban J connectivity index is 1.69. The van der Waals surface area contributed by atoms with Crippen LogP contribution in [-0.4, -0.2) is 14.7 Å². The summed E-state index contributed by atoms with van der Waals surface area (Å²) in [5.41, 5.74) is 4.38. The van der Waals surface area contributed by atoms with Crippen LogP contribution in [0.1, 0.15) is 22.6 Å². The van der Waals surface area contributed by atoms with Gasteiger partial charge in [0.05, 0.1) is 12.0 Å². The third-order valence-corrected chi connectivity index (χ3v) is 3.50. The summed E-state index contributed by atoms with van der Waals surface area (Å²) >= 11 is 0. The SMILES string of the molecule is Cc1noc(C)c1CNc1cccc(Cn2ccnc2)c1. The molecule has 2 aromatic heterocycles. The fourth-order valence-corrected chi connectivity index (χ4v) is 2.32. The zero-order chi connectivity index (χ0) is 14.7. The first-order chi connectivity index (χ1) is 10.2. The first kappa shape index (κ1) is 13.4. The Morgan fingerprint density at radius 1 is 1.29 bits per heavy atom. The second-order valence-corrected chi connectivity index (χ2v) is 5.09. The molecule has 0 aliphatic carbocycles. The molecule has 0 saturated carbocycles. The van der Waals surface area contributed by atoms with Crippen LogP contribution in [0, 0.1) is 13.8 Å². The summed E-state index contributed by atoms with van der Waals surface area (Å²) in [4.78, 5) is 4.06. The van der Waals surface area contributed by atoms with Crippen LogP contribution in [0.4, 0.5) is 5.69 Å². The van der Waals surface area contributed by atoms with Crippen molar-refractivity contribution in [2.75, 3.05) is 5.32 Å². The van der Waals surface area contributed by atoms with Crippen molar-refractivity contribution < 1.29 is 4.52 Å². The molecule has 3 aromatic rings. The second kappa shape index (κ2) is 5.83. The molecule has 0 atom stereocenters. The van der Waals surface area contributed by atoms with Gasteiger partial charge in [-0.1, -0.05) is 17.3 Å². The van der Waals surface area contributed by atoms with Gasteiger partial charge in [0.25, 0.3) is 0 Å². The molecule has 1 N–H and O–H groups in total. The molecule has 108 valence electrons. The maximum Gasteiger partial charge on any atom is 0.138 e. The number of imidazole rings is 1. The third kappa shape index (κ3) is 3.13. The molecule has 0 spiro atoms. The highest BCUT2D eigenvalue weighted by atomic mass is 16.5. The summed E-state index contributed by atoms with van der Waals surface area (Å²) in [5.74, 6) is 0.870. The number of hydrogen-bond acceptors (Lipinski definition) is 4. The number of anilines is 1. The molecule has 0 amide bonds. The van der Waals surface area contributed by atoms with E-state index in [1.54, 1.807) is 6.20 Å². The van der Waals surface area contributed by atoms with Crippen LogP contribution in [0.2, 0.25) is 0 Å². The van der Waals surface area contributed by atoms with Gasteiger partial charge in [0.15, 0.2) is 0 Å². The molecule has 3 rings (SSSR count). The number of benzene rings is 1.